The Morgan fingerprint density at radius 1 is 1.00 bits per heavy atom. The number of hydrogen-bond donors (Lipinski definition) is 0. The van der Waals surface area contributed by atoms with Crippen molar-refractivity contribution in [3.8, 4) is 0 Å². The summed E-state index contributed by atoms with van der Waals surface area (Å²) < 4.78 is 1.65. The van der Waals surface area contributed by atoms with Gasteiger partial charge in [-0.25, -0.2) is 4.68 Å². The predicted octanol–water partition coefficient (Wildman–Crippen LogP) is 1.50. The lowest BCUT2D eigenvalue weighted by atomic mass is 10.1. The van der Waals surface area contributed by atoms with Crippen molar-refractivity contribution in [2.24, 2.45) is 0 Å². The van der Waals surface area contributed by atoms with Crippen LogP contribution in [0.5, 0.6) is 0 Å². The molecule has 0 radical (unpaired) electrons. The van der Waals surface area contributed by atoms with Gasteiger partial charge in [0, 0.05) is 49.6 Å². The van der Waals surface area contributed by atoms with Crippen LogP contribution in [0.3, 0.4) is 0 Å². The summed E-state index contributed by atoms with van der Waals surface area (Å²) in [6, 6.07) is 10.0. The highest BCUT2D eigenvalue weighted by Gasteiger charge is 2.20. The molecule has 2 aromatic heterocycles. The maximum atomic E-state index is 12.3. The van der Waals surface area contributed by atoms with Gasteiger partial charge in [-0.3, -0.25) is 9.69 Å². The molecule has 3 aromatic rings. The maximum absolute atomic E-state index is 12.3. The van der Waals surface area contributed by atoms with Gasteiger partial charge in [0.25, 0.3) is 5.56 Å². The molecule has 1 aliphatic heterocycles. The van der Waals surface area contributed by atoms with Gasteiger partial charge in [-0.05, 0) is 24.8 Å². The van der Waals surface area contributed by atoms with Crippen molar-refractivity contribution in [3.63, 3.8) is 0 Å². The molecule has 1 aromatic carbocycles. The number of anilines is 1. The van der Waals surface area contributed by atoms with E-state index in [0.717, 1.165) is 79.8 Å². The summed E-state index contributed by atoms with van der Waals surface area (Å²) in [5, 5.41) is 15.4. The van der Waals surface area contributed by atoms with Gasteiger partial charge in [0.2, 0.25) is 0 Å². The Morgan fingerprint density at radius 3 is 2.75 bits per heavy atom. The minimum atomic E-state index is 0.0327. The monoisotopic (exact) mass is 376 g/mol. The first-order valence-electron chi connectivity index (χ1n) is 10.1. The van der Waals surface area contributed by atoms with Crippen LogP contribution in [0, 0.1) is 0 Å². The van der Waals surface area contributed by atoms with Crippen molar-refractivity contribution in [2.45, 2.75) is 25.8 Å². The first kappa shape index (κ1) is 17.3. The normalized spacial score (nSPS) is 17.2. The van der Waals surface area contributed by atoms with Crippen LogP contribution in [0.15, 0.2) is 41.3 Å². The lowest BCUT2D eigenvalue weighted by Gasteiger charge is -2.35. The second-order valence-corrected chi connectivity index (χ2v) is 7.62. The summed E-state index contributed by atoms with van der Waals surface area (Å²) in [7, 11) is 0. The first-order chi connectivity index (χ1) is 13.8. The molecular weight excluding hydrogens is 352 g/mol. The smallest absolute Gasteiger partial charge is 0.267 e. The molecule has 0 spiro atoms. The molecule has 7 heteroatoms. The van der Waals surface area contributed by atoms with Crippen molar-refractivity contribution in [2.75, 3.05) is 37.6 Å². The third kappa shape index (κ3) is 3.26. The quantitative estimate of drug-likeness (QED) is 0.687. The number of nitrogens with zero attached hydrogens (tertiary/aromatic N) is 6. The molecular formula is C21H24N6O. The molecule has 3 heterocycles. The average molecular weight is 376 g/mol. The summed E-state index contributed by atoms with van der Waals surface area (Å²) in [4.78, 5) is 17.0. The van der Waals surface area contributed by atoms with Crippen molar-refractivity contribution < 1.29 is 0 Å². The van der Waals surface area contributed by atoms with Crippen LogP contribution >= 0.6 is 0 Å². The van der Waals surface area contributed by atoms with E-state index in [2.05, 4.69) is 37.2 Å². The van der Waals surface area contributed by atoms with Crippen molar-refractivity contribution in [1.29, 1.82) is 0 Å². The van der Waals surface area contributed by atoms with E-state index < -0.39 is 0 Å². The number of benzene rings is 1. The number of hydrogen-bond acceptors (Lipinski definition) is 6. The van der Waals surface area contributed by atoms with Crippen LogP contribution in [-0.2, 0) is 19.4 Å². The average Bonchev–Trinajstić information content (AvgIpc) is 3.19. The van der Waals surface area contributed by atoms with Gasteiger partial charge in [-0.1, -0.05) is 24.3 Å². The van der Waals surface area contributed by atoms with E-state index in [4.69, 9.17) is 0 Å². The molecule has 5 rings (SSSR count). The summed E-state index contributed by atoms with van der Waals surface area (Å²) in [6.45, 7) is 5.22. The van der Waals surface area contributed by atoms with E-state index in [0.29, 0.717) is 6.54 Å². The molecule has 0 amide bonds. The van der Waals surface area contributed by atoms with E-state index in [-0.39, 0.29) is 5.56 Å². The predicted molar refractivity (Wildman–Crippen MR) is 109 cm³/mol. The molecule has 28 heavy (non-hydrogen) atoms. The van der Waals surface area contributed by atoms with E-state index in [1.54, 1.807) is 10.7 Å². The number of piperazine rings is 1. The van der Waals surface area contributed by atoms with Gasteiger partial charge in [0.15, 0.2) is 5.82 Å². The lowest BCUT2D eigenvalue weighted by Crippen LogP contribution is -2.48. The fourth-order valence-electron chi connectivity index (χ4n) is 4.27. The van der Waals surface area contributed by atoms with E-state index in [1.807, 2.05) is 18.3 Å². The van der Waals surface area contributed by atoms with Crippen molar-refractivity contribution in [3.05, 3.63) is 58.1 Å². The summed E-state index contributed by atoms with van der Waals surface area (Å²) in [5.41, 5.74) is 2.29. The molecule has 144 valence electrons. The standard InChI is InChI=1S/C21H24N6O/c28-20-14-16-5-3-7-19(16)24-27(20)13-10-25-8-11-26(12-9-25)21-18-6-2-1-4-17(18)15-22-23-21/h1-2,4,6,14-15H,3,5,7-13H2. The Balaban J connectivity index is 1.23. The topological polar surface area (TPSA) is 67.2 Å². The third-order valence-electron chi connectivity index (χ3n) is 5.87. The van der Waals surface area contributed by atoms with Gasteiger partial charge >= 0.3 is 0 Å². The molecule has 2 aliphatic rings. The van der Waals surface area contributed by atoms with Crippen LogP contribution in [-0.4, -0.2) is 57.6 Å². The molecule has 1 fully saturated rings. The number of aromatic nitrogens is 4. The van der Waals surface area contributed by atoms with Gasteiger partial charge in [0.1, 0.15) is 0 Å². The van der Waals surface area contributed by atoms with Crippen LogP contribution < -0.4 is 10.5 Å². The highest BCUT2D eigenvalue weighted by Crippen LogP contribution is 2.24. The van der Waals surface area contributed by atoms with E-state index >= 15 is 0 Å². The Hall–Kier alpha value is -2.80. The van der Waals surface area contributed by atoms with Crippen molar-refractivity contribution in [1.82, 2.24) is 24.9 Å². The number of aryl methyl sites for hydroxylation is 2. The number of fused-ring (bicyclic) bond motifs is 2. The van der Waals surface area contributed by atoms with E-state index in [9.17, 15) is 4.79 Å². The SMILES string of the molecule is O=c1cc2c(nn1CCN1CCN(c3nncc4ccccc34)CC1)CCC2. The summed E-state index contributed by atoms with van der Waals surface area (Å²) in [6.07, 6.45) is 4.93. The molecule has 0 unspecified atom stereocenters. The molecule has 0 bridgehead atoms. The Morgan fingerprint density at radius 2 is 1.86 bits per heavy atom. The molecule has 0 atom stereocenters. The largest absolute Gasteiger partial charge is 0.352 e. The zero-order valence-electron chi connectivity index (χ0n) is 15.9. The Kier molecular flexibility index (Phi) is 4.52. The lowest BCUT2D eigenvalue weighted by molar-refractivity contribution is 0.242. The van der Waals surface area contributed by atoms with Gasteiger partial charge in [0.05, 0.1) is 18.4 Å². The zero-order valence-corrected chi connectivity index (χ0v) is 15.9. The molecule has 0 saturated carbocycles. The minimum Gasteiger partial charge on any atom is -0.352 e. The second kappa shape index (κ2) is 7.31. The van der Waals surface area contributed by atoms with Crippen LogP contribution in [0.4, 0.5) is 5.82 Å². The number of rotatable bonds is 4. The Bertz CT molecular complexity index is 1050. The summed E-state index contributed by atoms with van der Waals surface area (Å²) in [5.74, 6) is 0.967. The molecule has 1 saturated heterocycles. The van der Waals surface area contributed by atoms with E-state index in [1.165, 1.54) is 0 Å². The minimum absolute atomic E-state index is 0.0327. The molecule has 1 aliphatic carbocycles. The van der Waals surface area contributed by atoms with Gasteiger partial charge in [-0.15, -0.1) is 5.10 Å². The van der Waals surface area contributed by atoms with Crippen LogP contribution in [0.2, 0.25) is 0 Å². The highest BCUT2D eigenvalue weighted by atomic mass is 16.1. The van der Waals surface area contributed by atoms with Gasteiger partial charge in [-0.2, -0.15) is 10.2 Å². The van der Waals surface area contributed by atoms with Crippen LogP contribution in [0.25, 0.3) is 10.8 Å². The fourth-order valence-corrected chi connectivity index (χ4v) is 4.27. The highest BCUT2D eigenvalue weighted by molar-refractivity contribution is 5.91. The van der Waals surface area contributed by atoms with Crippen molar-refractivity contribution >= 4 is 16.6 Å². The maximum Gasteiger partial charge on any atom is 0.267 e. The second-order valence-electron chi connectivity index (χ2n) is 7.62. The fraction of sp³-hybridized carbons (Fsp3) is 0.429. The molecule has 0 N–H and O–H groups in total. The third-order valence-corrected chi connectivity index (χ3v) is 5.87. The zero-order chi connectivity index (χ0) is 18.9. The summed E-state index contributed by atoms with van der Waals surface area (Å²) >= 11 is 0. The Labute approximate surface area is 163 Å². The van der Waals surface area contributed by atoms with Crippen LogP contribution in [0.1, 0.15) is 17.7 Å². The molecule has 7 nitrogen and oxygen atoms in total. The van der Waals surface area contributed by atoms with Gasteiger partial charge < -0.3 is 4.90 Å². The first-order valence-corrected chi connectivity index (χ1v) is 10.1.